The molecule has 2 aromatic carbocycles. The Morgan fingerprint density at radius 2 is 1.85 bits per heavy atom. The molecule has 5 rings (SSSR count). The van der Waals surface area contributed by atoms with Crippen molar-refractivity contribution in [1.82, 2.24) is 10.2 Å². The fourth-order valence-corrected chi connectivity index (χ4v) is 5.49. The maximum atomic E-state index is 13.4. The molecule has 33 heavy (non-hydrogen) atoms. The first kappa shape index (κ1) is 21.5. The number of cyclic esters (lactones) is 1. The van der Waals surface area contributed by atoms with Gasteiger partial charge < -0.3 is 15.0 Å². The minimum atomic E-state index is -0.456. The lowest BCUT2D eigenvalue weighted by Gasteiger charge is -2.33. The number of rotatable bonds is 5. The van der Waals surface area contributed by atoms with E-state index in [1.807, 2.05) is 59.5 Å². The topological polar surface area (TPSA) is 79.0 Å². The lowest BCUT2D eigenvalue weighted by Crippen LogP contribution is -2.49. The van der Waals surface area contributed by atoms with E-state index in [1.54, 1.807) is 4.90 Å². The highest BCUT2D eigenvalue weighted by Crippen LogP contribution is 2.40. The molecule has 7 heteroatoms. The van der Waals surface area contributed by atoms with Crippen LogP contribution in [0.2, 0.25) is 0 Å². The largest absolute Gasteiger partial charge is 0.447 e. The third kappa shape index (κ3) is 4.32. The second kappa shape index (κ2) is 9.25. The normalized spacial score (nSPS) is 24.4. The predicted molar refractivity (Wildman–Crippen MR) is 124 cm³/mol. The van der Waals surface area contributed by atoms with Crippen molar-refractivity contribution < 1.29 is 19.1 Å². The summed E-state index contributed by atoms with van der Waals surface area (Å²) >= 11 is 0. The van der Waals surface area contributed by atoms with Crippen LogP contribution >= 0.6 is 0 Å². The minimum absolute atomic E-state index is 0.0558. The van der Waals surface area contributed by atoms with Crippen LogP contribution in [0.4, 0.5) is 10.5 Å². The molecule has 2 saturated heterocycles. The van der Waals surface area contributed by atoms with Crippen LogP contribution in [0.3, 0.4) is 0 Å². The van der Waals surface area contributed by atoms with E-state index in [1.165, 1.54) is 0 Å². The minimum Gasteiger partial charge on any atom is -0.447 e. The van der Waals surface area contributed by atoms with Crippen LogP contribution in [0, 0.1) is 5.92 Å². The molecule has 0 radical (unpaired) electrons. The number of nitrogens with zero attached hydrogens (tertiary/aromatic N) is 2. The second-order valence-electron chi connectivity index (χ2n) is 9.10. The van der Waals surface area contributed by atoms with Crippen molar-refractivity contribution in [1.29, 1.82) is 0 Å². The summed E-state index contributed by atoms with van der Waals surface area (Å²) in [6.07, 6.45) is 4.66. The summed E-state index contributed by atoms with van der Waals surface area (Å²) < 4.78 is 5.02. The van der Waals surface area contributed by atoms with Gasteiger partial charge in [-0.1, -0.05) is 43.2 Å². The molecule has 2 heterocycles. The van der Waals surface area contributed by atoms with Crippen molar-refractivity contribution in [2.75, 3.05) is 18.1 Å². The Labute approximate surface area is 193 Å². The Morgan fingerprint density at radius 3 is 2.64 bits per heavy atom. The summed E-state index contributed by atoms with van der Waals surface area (Å²) in [6.45, 7) is 1.25. The summed E-state index contributed by atoms with van der Waals surface area (Å²) in [5.74, 6) is 0.214. The number of amides is 3. The van der Waals surface area contributed by atoms with Gasteiger partial charge in [-0.15, -0.1) is 0 Å². The van der Waals surface area contributed by atoms with Crippen molar-refractivity contribution in [3.8, 4) is 0 Å². The highest BCUT2D eigenvalue weighted by molar-refractivity contribution is 5.98. The van der Waals surface area contributed by atoms with E-state index in [2.05, 4.69) is 5.32 Å². The monoisotopic (exact) mass is 447 g/mol. The van der Waals surface area contributed by atoms with Gasteiger partial charge >= 0.3 is 6.09 Å². The Kier molecular flexibility index (Phi) is 6.03. The van der Waals surface area contributed by atoms with E-state index < -0.39 is 6.04 Å². The number of carbonyl (C=O) groups excluding carboxylic acids is 3. The number of nitrogens with one attached hydrogen (secondary N) is 1. The molecule has 0 bridgehead atoms. The highest BCUT2D eigenvalue weighted by atomic mass is 16.6. The summed E-state index contributed by atoms with van der Waals surface area (Å²) in [7, 11) is 0. The molecule has 0 aromatic heterocycles. The number of anilines is 1. The first-order chi connectivity index (χ1) is 16.1. The van der Waals surface area contributed by atoms with Crippen LogP contribution < -0.4 is 10.2 Å². The van der Waals surface area contributed by atoms with Gasteiger partial charge in [0.05, 0.1) is 6.54 Å². The van der Waals surface area contributed by atoms with Crippen molar-refractivity contribution in [3.63, 3.8) is 0 Å². The number of fused-ring (bicyclic) bond motifs is 1. The van der Waals surface area contributed by atoms with Crippen molar-refractivity contribution in [2.45, 2.75) is 50.7 Å². The van der Waals surface area contributed by atoms with Gasteiger partial charge in [0.2, 0.25) is 5.91 Å². The lowest BCUT2D eigenvalue weighted by atomic mass is 9.84. The Morgan fingerprint density at radius 1 is 1.03 bits per heavy atom. The Balaban J connectivity index is 1.30. The molecule has 3 aliphatic rings. The van der Waals surface area contributed by atoms with Crippen LogP contribution in [0.15, 0.2) is 54.6 Å². The third-order valence-electron chi connectivity index (χ3n) is 7.10. The Hall–Kier alpha value is -3.35. The lowest BCUT2D eigenvalue weighted by molar-refractivity contribution is -0.125. The summed E-state index contributed by atoms with van der Waals surface area (Å²) in [4.78, 5) is 42.0. The zero-order valence-corrected chi connectivity index (χ0v) is 18.6. The maximum Gasteiger partial charge on any atom is 0.414 e. The standard InChI is InChI=1S/C26H29N3O4/c30-24(27-17-18-7-6-11-21(15-18)28-13-14-33-26(28)32)23-16-20-10-4-5-12-22(20)29(23)25(31)19-8-2-1-3-9-19/h1-3,6-9,11,15,20,22-23H,4-5,10,12-14,16-17H2,(H,27,30). The number of benzene rings is 2. The quantitative estimate of drug-likeness (QED) is 0.758. The van der Waals surface area contributed by atoms with E-state index >= 15 is 0 Å². The molecule has 3 fully saturated rings. The molecule has 172 valence electrons. The molecular formula is C26H29N3O4. The first-order valence-electron chi connectivity index (χ1n) is 11.8. The molecule has 1 saturated carbocycles. The molecule has 7 nitrogen and oxygen atoms in total. The van der Waals surface area contributed by atoms with Gasteiger partial charge in [0.15, 0.2) is 0 Å². The zero-order valence-electron chi connectivity index (χ0n) is 18.6. The molecule has 0 spiro atoms. The summed E-state index contributed by atoms with van der Waals surface area (Å²) in [5.41, 5.74) is 2.29. The second-order valence-corrected chi connectivity index (χ2v) is 9.10. The molecule has 3 atom stereocenters. The van der Waals surface area contributed by atoms with Crippen LogP contribution in [0.1, 0.15) is 48.0 Å². The van der Waals surface area contributed by atoms with E-state index in [0.717, 1.165) is 36.9 Å². The van der Waals surface area contributed by atoms with E-state index in [9.17, 15) is 14.4 Å². The van der Waals surface area contributed by atoms with Crippen molar-refractivity contribution in [3.05, 3.63) is 65.7 Å². The predicted octanol–water partition coefficient (Wildman–Crippen LogP) is 3.73. The van der Waals surface area contributed by atoms with Gasteiger partial charge in [-0.2, -0.15) is 0 Å². The van der Waals surface area contributed by atoms with Gasteiger partial charge in [0.25, 0.3) is 5.91 Å². The van der Waals surface area contributed by atoms with Crippen LogP contribution in [-0.4, -0.2) is 48.0 Å². The summed E-state index contributed by atoms with van der Waals surface area (Å²) in [5, 5.41) is 3.05. The highest BCUT2D eigenvalue weighted by Gasteiger charge is 2.47. The fraction of sp³-hybridized carbons (Fsp3) is 0.423. The number of likely N-dealkylation sites (tertiary alicyclic amines) is 1. The smallest absolute Gasteiger partial charge is 0.414 e. The fourth-order valence-electron chi connectivity index (χ4n) is 5.49. The van der Waals surface area contributed by atoms with Crippen LogP contribution in [0.25, 0.3) is 0 Å². The van der Waals surface area contributed by atoms with Gasteiger partial charge in [-0.3, -0.25) is 14.5 Å². The number of hydrogen-bond donors (Lipinski definition) is 1. The molecule has 3 amide bonds. The van der Waals surface area contributed by atoms with Gasteiger partial charge in [0.1, 0.15) is 12.6 Å². The summed E-state index contributed by atoms with van der Waals surface area (Å²) in [6, 6.07) is 16.5. The molecule has 1 N–H and O–H groups in total. The van der Waals surface area contributed by atoms with Crippen LogP contribution in [-0.2, 0) is 16.1 Å². The number of hydrogen-bond acceptors (Lipinski definition) is 4. The third-order valence-corrected chi connectivity index (χ3v) is 7.10. The van der Waals surface area contributed by atoms with Gasteiger partial charge in [-0.05, 0) is 55.0 Å². The molecule has 2 aliphatic heterocycles. The molecule has 2 aromatic rings. The molecule has 1 aliphatic carbocycles. The first-order valence-corrected chi connectivity index (χ1v) is 11.8. The number of ether oxygens (including phenoxy) is 1. The average molecular weight is 448 g/mol. The molecule has 3 unspecified atom stereocenters. The van der Waals surface area contributed by atoms with E-state index in [0.29, 0.717) is 37.6 Å². The maximum absolute atomic E-state index is 13.4. The SMILES string of the molecule is O=C(NCc1cccc(N2CCOC2=O)c1)C1CC2CCCCC2N1C(=O)c1ccccc1. The van der Waals surface area contributed by atoms with E-state index in [-0.39, 0.29) is 23.9 Å². The zero-order chi connectivity index (χ0) is 22.8. The number of carbonyl (C=O) groups is 3. The average Bonchev–Trinajstić information content (AvgIpc) is 3.46. The van der Waals surface area contributed by atoms with Gasteiger partial charge in [-0.25, -0.2) is 4.79 Å². The van der Waals surface area contributed by atoms with Crippen molar-refractivity contribution in [2.24, 2.45) is 5.92 Å². The van der Waals surface area contributed by atoms with Crippen LogP contribution in [0.5, 0.6) is 0 Å². The molecular weight excluding hydrogens is 418 g/mol. The Bertz CT molecular complexity index is 1040. The van der Waals surface area contributed by atoms with Crippen molar-refractivity contribution >= 4 is 23.6 Å². The van der Waals surface area contributed by atoms with Gasteiger partial charge in [0, 0.05) is 23.8 Å². The van der Waals surface area contributed by atoms with E-state index in [4.69, 9.17) is 4.74 Å².